The van der Waals surface area contributed by atoms with E-state index in [1.807, 2.05) is 0 Å². The summed E-state index contributed by atoms with van der Waals surface area (Å²) in [6, 6.07) is 5.92. The van der Waals surface area contributed by atoms with Crippen molar-refractivity contribution in [3.8, 4) is 0 Å². The second-order valence-corrected chi connectivity index (χ2v) is 3.78. The number of nitrogens with zero attached hydrogens (tertiary/aromatic N) is 3. The van der Waals surface area contributed by atoms with Crippen LogP contribution in [0.3, 0.4) is 0 Å². The first-order chi connectivity index (χ1) is 8.56. The van der Waals surface area contributed by atoms with Gasteiger partial charge in [-0.25, -0.2) is 4.79 Å². The highest BCUT2D eigenvalue weighted by molar-refractivity contribution is 6.30. The second kappa shape index (κ2) is 4.84. The topological polar surface area (TPSA) is 90.1 Å². The van der Waals surface area contributed by atoms with Gasteiger partial charge in [0.15, 0.2) is 0 Å². The summed E-state index contributed by atoms with van der Waals surface area (Å²) in [5, 5.41) is 17.0. The number of nitrogens with one attached hydrogen (secondary N) is 1. The molecule has 0 aliphatic heterocycles. The zero-order valence-electron chi connectivity index (χ0n) is 8.91. The molecule has 0 saturated heterocycles. The summed E-state index contributed by atoms with van der Waals surface area (Å²) >= 11 is 5.76. The van der Waals surface area contributed by atoms with Gasteiger partial charge in [0.1, 0.15) is 12.4 Å². The molecule has 1 amide bonds. The number of carbonyl (C=O) groups excluding carboxylic acids is 1. The first kappa shape index (κ1) is 12.1. The van der Waals surface area contributed by atoms with E-state index in [-0.39, 0.29) is 5.69 Å². The van der Waals surface area contributed by atoms with Gasteiger partial charge in [-0.3, -0.25) is 10.1 Å². The minimum atomic E-state index is -0.629. The van der Waals surface area contributed by atoms with Crippen molar-refractivity contribution in [2.75, 3.05) is 5.32 Å². The highest BCUT2D eigenvalue weighted by Gasteiger charge is 2.13. The Balaban J connectivity index is 2.14. The largest absolute Gasteiger partial charge is 0.346 e. The number of aromatic nitrogens is 2. The molecule has 8 heteroatoms. The number of amides is 1. The van der Waals surface area contributed by atoms with E-state index in [9.17, 15) is 14.9 Å². The number of carbonyl (C=O) groups is 1. The number of benzene rings is 1. The number of hydrogen-bond acceptors (Lipinski definition) is 4. The van der Waals surface area contributed by atoms with Gasteiger partial charge in [0.05, 0.1) is 4.92 Å². The summed E-state index contributed by atoms with van der Waals surface area (Å²) in [7, 11) is 0. The van der Waals surface area contributed by atoms with Crippen LogP contribution in [0, 0.1) is 10.1 Å². The summed E-state index contributed by atoms with van der Waals surface area (Å²) < 4.78 is 0.846. The van der Waals surface area contributed by atoms with Gasteiger partial charge in [0.2, 0.25) is 0 Å². The van der Waals surface area contributed by atoms with E-state index >= 15 is 0 Å². The van der Waals surface area contributed by atoms with E-state index in [4.69, 9.17) is 11.6 Å². The molecule has 18 heavy (non-hydrogen) atoms. The highest BCUT2D eigenvalue weighted by Crippen LogP contribution is 2.15. The molecular weight excluding hydrogens is 260 g/mol. The van der Waals surface area contributed by atoms with E-state index in [1.54, 1.807) is 24.3 Å². The van der Waals surface area contributed by atoms with Crippen molar-refractivity contribution in [2.45, 2.75) is 0 Å². The van der Waals surface area contributed by atoms with Crippen molar-refractivity contribution in [1.29, 1.82) is 0 Å². The Bertz CT molecular complexity index is 611. The number of nitro groups is 1. The fraction of sp³-hybridized carbons (Fsp3) is 0. The van der Waals surface area contributed by atoms with Crippen molar-refractivity contribution in [2.24, 2.45) is 0 Å². The van der Waals surface area contributed by atoms with Crippen LogP contribution in [0.25, 0.3) is 0 Å². The molecule has 0 fully saturated rings. The van der Waals surface area contributed by atoms with Crippen LogP contribution >= 0.6 is 11.6 Å². The normalized spacial score (nSPS) is 10.1. The van der Waals surface area contributed by atoms with Crippen LogP contribution in [0.5, 0.6) is 0 Å². The van der Waals surface area contributed by atoms with Gasteiger partial charge in [-0.1, -0.05) is 17.7 Å². The zero-order valence-corrected chi connectivity index (χ0v) is 9.66. The quantitative estimate of drug-likeness (QED) is 0.668. The van der Waals surface area contributed by atoms with Crippen LogP contribution < -0.4 is 5.32 Å². The molecular formula is C10H7ClN4O3. The van der Waals surface area contributed by atoms with E-state index < -0.39 is 11.0 Å². The van der Waals surface area contributed by atoms with Crippen LogP contribution in [0.4, 0.5) is 16.2 Å². The van der Waals surface area contributed by atoms with Crippen LogP contribution in [-0.4, -0.2) is 20.7 Å². The van der Waals surface area contributed by atoms with Crippen molar-refractivity contribution in [1.82, 2.24) is 9.78 Å². The van der Waals surface area contributed by atoms with Gasteiger partial charge < -0.3 is 5.32 Å². The smallest absolute Gasteiger partial charge is 0.306 e. The lowest BCUT2D eigenvalue weighted by Gasteiger charge is -2.04. The second-order valence-electron chi connectivity index (χ2n) is 3.34. The molecule has 7 nitrogen and oxygen atoms in total. The summed E-state index contributed by atoms with van der Waals surface area (Å²) in [6.07, 6.45) is 2.03. The summed E-state index contributed by atoms with van der Waals surface area (Å²) in [5.41, 5.74) is 0.224. The van der Waals surface area contributed by atoms with Gasteiger partial charge in [-0.05, 0) is 18.2 Å². The molecule has 1 heterocycles. The lowest BCUT2D eigenvalue weighted by molar-refractivity contribution is -0.384. The fourth-order valence-corrected chi connectivity index (χ4v) is 1.46. The lowest BCUT2D eigenvalue weighted by atomic mass is 10.3. The average Bonchev–Trinajstić information content (AvgIpc) is 2.78. The predicted molar refractivity (Wildman–Crippen MR) is 64.8 cm³/mol. The third-order valence-electron chi connectivity index (χ3n) is 2.06. The van der Waals surface area contributed by atoms with Crippen molar-refractivity contribution in [3.05, 3.63) is 51.8 Å². The summed E-state index contributed by atoms with van der Waals surface area (Å²) in [6.45, 7) is 0. The number of rotatable bonds is 2. The molecule has 1 N–H and O–H groups in total. The highest BCUT2D eigenvalue weighted by atomic mass is 35.5. The molecule has 0 radical (unpaired) electrons. The molecule has 1 aromatic carbocycles. The predicted octanol–water partition coefficient (Wildman–Crippen LogP) is 2.52. The molecule has 0 aliphatic rings. The van der Waals surface area contributed by atoms with Crippen molar-refractivity contribution in [3.63, 3.8) is 0 Å². The van der Waals surface area contributed by atoms with Crippen LogP contribution in [0.15, 0.2) is 36.7 Å². The van der Waals surface area contributed by atoms with Gasteiger partial charge in [0.25, 0.3) is 0 Å². The third-order valence-corrected chi connectivity index (χ3v) is 2.30. The van der Waals surface area contributed by atoms with Crippen LogP contribution in [0.1, 0.15) is 0 Å². The number of halogens is 1. The minimum absolute atomic E-state index is 0.253. The van der Waals surface area contributed by atoms with Gasteiger partial charge >= 0.3 is 11.7 Å². The zero-order chi connectivity index (χ0) is 13.1. The van der Waals surface area contributed by atoms with Gasteiger partial charge in [0, 0.05) is 10.7 Å². The third kappa shape index (κ3) is 2.64. The number of anilines is 1. The maximum absolute atomic E-state index is 11.7. The maximum atomic E-state index is 11.7. The van der Waals surface area contributed by atoms with Gasteiger partial charge in [-0.15, -0.1) is 0 Å². The average molecular weight is 267 g/mol. The van der Waals surface area contributed by atoms with Crippen molar-refractivity contribution >= 4 is 29.0 Å². The first-order valence-corrected chi connectivity index (χ1v) is 5.20. The Morgan fingerprint density at radius 1 is 1.50 bits per heavy atom. The molecule has 2 rings (SSSR count). The van der Waals surface area contributed by atoms with Gasteiger partial charge in [-0.2, -0.15) is 9.78 Å². The molecule has 0 aliphatic carbocycles. The summed E-state index contributed by atoms with van der Waals surface area (Å²) in [5.74, 6) is 0. The van der Waals surface area contributed by atoms with Crippen LogP contribution in [-0.2, 0) is 0 Å². The van der Waals surface area contributed by atoms with E-state index in [0.29, 0.717) is 10.7 Å². The summed E-state index contributed by atoms with van der Waals surface area (Å²) in [4.78, 5) is 21.5. The van der Waals surface area contributed by atoms with E-state index in [2.05, 4.69) is 10.4 Å². The fourth-order valence-electron chi connectivity index (χ4n) is 1.27. The molecule has 92 valence electrons. The van der Waals surface area contributed by atoms with E-state index in [1.165, 1.54) is 0 Å². The lowest BCUT2D eigenvalue weighted by Crippen LogP contribution is -2.19. The van der Waals surface area contributed by atoms with E-state index in [0.717, 1.165) is 17.1 Å². The molecule has 0 saturated carbocycles. The molecule has 1 aromatic heterocycles. The monoisotopic (exact) mass is 266 g/mol. The molecule has 0 spiro atoms. The molecule has 0 bridgehead atoms. The molecule has 0 unspecified atom stereocenters. The van der Waals surface area contributed by atoms with Crippen LogP contribution in [0.2, 0.25) is 5.02 Å². The Morgan fingerprint density at radius 3 is 2.89 bits per heavy atom. The number of hydrogen-bond donors (Lipinski definition) is 1. The Hall–Kier alpha value is -2.41. The standard InChI is InChI=1S/C10H7ClN4O3/c11-7-2-1-3-8(4-7)13-10(16)14-6-9(5-12-14)15(17)18/h1-6H,(H,13,16). The Kier molecular flexibility index (Phi) is 3.24. The SMILES string of the molecule is O=C(Nc1cccc(Cl)c1)n1cc([N+](=O)[O-])cn1. The minimum Gasteiger partial charge on any atom is -0.306 e. The molecule has 2 aromatic rings. The Morgan fingerprint density at radius 2 is 2.28 bits per heavy atom. The first-order valence-electron chi connectivity index (χ1n) is 4.82. The van der Waals surface area contributed by atoms with Crippen molar-refractivity contribution < 1.29 is 9.72 Å². The molecule has 0 atom stereocenters. The maximum Gasteiger partial charge on any atom is 0.346 e. The Labute approximate surface area is 106 Å².